The Morgan fingerprint density at radius 3 is 2.36 bits per heavy atom. The van der Waals surface area contributed by atoms with Gasteiger partial charge < -0.3 is 15.0 Å². The van der Waals surface area contributed by atoms with Crippen LogP contribution in [0.3, 0.4) is 0 Å². The number of nitrogens with one attached hydrogen (secondary N) is 1. The van der Waals surface area contributed by atoms with Gasteiger partial charge in [-0.3, -0.25) is 4.79 Å². The fourth-order valence-electron chi connectivity index (χ4n) is 4.38. The number of rotatable bonds is 5. The standard InChI is InChI=1S/C21H29F3N2O2/c1-28-18-8-6-15(7-9-18)20(27)25-19-5-3-2-4-16(19)14-26-12-10-17(11-13-26)21(22,23)24/h6-9,16-17,19H,2-5,10-14H2,1H3,(H,25,27)/t16-,19+/m0/s1. The molecule has 1 amide bonds. The summed E-state index contributed by atoms with van der Waals surface area (Å²) >= 11 is 0. The molecule has 2 fully saturated rings. The van der Waals surface area contributed by atoms with Crippen LogP contribution in [0.1, 0.15) is 48.9 Å². The summed E-state index contributed by atoms with van der Waals surface area (Å²) in [7, 11) is 1.58. The Morgan fingerprint density at radius 2 is 1.75 bits per heavy atom. The highest BCUT2D eigenvalue weighted by Gasteiger charge is 2.41. The number of likely N-dealkylation sites (tertiary alicyclic amines) is 1. The molecule has 1 aromatic carbocycles. The number of carbonyl (C=O) groups is 1. The number of carbonyl (C=O) groups excluding carboxylic acids is 1. The van der Waals surface area contributed by atoms with E-state index in [1.807, 2.05) is 0 Å². The van der Waals surface area contributed by atoms with Gasteiger partial charge >= 0.3 is 6.18 Å². The van der Waals surface area contributed by atoms with Crippen LogP contribution in [0.25, 0.3) is 0 Å². The van der Waals surface area contributed by atoms with Crippen molar-refractivity contribution < 1.29 is 22.7 Å². The lowest BCUT2D eigenvalue weighted by molar-refractivity contribution is -0.185. The van der Waals surface area contributed by atoms with Crippen LogP contribution in [0, 0.1) is 11.8 Å². The van der Waals surface area contributed by atoms with E-state index >= 15 is 0 Å². The van der Waals surface area contributed by atoms with E-state index in [2.05, 4.69) is 10.2 Å². The monoisotopic (exact) mass is 398 g/mol. The van der Waals surface area contributed by atoms with Crippen LogP contribution in [0.2, 0.25) is 0 Å². The van der Waals surface area contributed by atoms with Crippen molar-refractivity contribution >= 4 is 5.91 Å². The molecule has 7 heteroatoms. The second-order valence-corrected chi connectivity index (χ2v) is 7.97. The van der Waals surface area contributed by atoms with Gasteiger partial charge in [0.2, 0.25) is 0 Å². The molecule has 28 heavy (non-hydrogen) atoms. The quantitative estimate of drug-likeness (QED) is 0.806. The van der Waals surface area contributed by atoms with Crippen molar-refractivity contribution in [3.63, 3.8) is 0 Å². The van der Waals surface area contributed by atoms with Crippen LogP contribution in [-0.4, -0.2) is 49.8 Å². The third-order valence-corrected chi connectivity index (χ3v) is 6.12. The molecule has 1 saturated heterocycles. The normalized spacial score (nSPS) is 24.7. The van der Waals surface area contributed by atoms with Crippen LogP contribution in [0.5, 0.6) is 5.75 Å². The lowest BCUT2D eigenvalue weighted by Crippen LogP contribution is -2.48. The van der Waals surface area contributed by atoms with E-state index in [0.29, 0.717) is 30.3 Å². The number of methoxy groups -OCH3 is 1. The number of hydrogen-bond donors (Lipinski definition) is 1. The first kappa shape index (κ1) is 21.0. The maximum absolute atomic E-state index is 12.9. The minimum atomic E-state index is -4.08. The number of halogens is 3. The van der Waals surface area contributed by atoms with Gasteiger partial charge in [-0.1, -0.05) is 12.8 Å². The summed E-state index contributed by atoms with van der Waals surface area (Å²) in [4.78, 5) is 14.8. The lowest BCUT2D eigenvalue weighted by atomic mass is 9.83. The molecule has 2 aliphatic rings. The summed E-state index contributed by atoms with van der Waals surface area (Å²) < 4.78 is 43.7. The van der Waals surface area contributed by atoms with E-state index in [0.717, 1.165) is 32.2 Å². The van der Waals surface area contributed by atoms with Crippen LogP contribution in [0.4, 0.5) is 13.2 Å². The molecule has 0 bridgehead atoms. The summed E-state index contributed by atoms with van der Waals surface area (Å²) in [6, 6.07) is 7.08. The minimum Gasteiger partial charge on any atom is -0.497 e. The molecule has 0 unspecified atom stereocenters. The molecule has 156 valence electrons. The average molecular weight is 398 g/mol. The molecule has 1 aromatic rings. The number of ether oxygens (including phenoxy) is 1. The largest absolute Gasteiger partial charge is 0.497 e. The van der Waals surface area contributed by atoms with Gasteiger partial charge in [0, 0.05) is 18.2 Å². The second-order valence-electron chi connectivity index (χ2n) is 7.97. The Kier molecular flexibility index (Phi) is 6.86. The van der Waals surface area contributed by atoms with Gasteiger partial charge in [-0.15, -0.1) is 0 Å². The third-order valence-electron chi connectivity index (χ3n) is 6.12. The number of alkyl halides is 3. The Morgan fingerprint density at radius 1 is 1.11 bits per heavy atom. The van der Waals surface area contributed by atoms with E-state index in [9.17, 15) is 18.0 Å². The zero-order chi connectivity index (χ0) is 20.1. The van der Waals surface area contributed by atoms with Gasteiger partial charge in [0.15, 0.2) is 0 Å². The summed E-state index contributed by atoms with van der Waals surface area (Å²) in [6.45, 7) is 1.73. The van der Waals surface area contributed by atoms with E-state index in [4.69, 9.17) is 4.74 Å². The zero-order valence-electron chi connectivity index (χ0n) is 16.3. The van der Waals surface area contributed by atoms with Crippen molar-refractivity contribution in [1.82, 2.24) is 10.2 Å². The number of benzene rings is 1. The summed E-state index contributed by atoms with van der Waals surface area (Å²) in [5.41, 5.74) is 0.594. The van der Waals surface area contributed by atoms with Gasteiger partial charge in [0.1, 0.15) is 5.75 Å². The fourth-order valence-corrected chi connectivity index (χ4v) is 4.38. The smallest absolute Gasteiger partial charge is 0.391 e. The Labute approximate surface area is 164 Å². The van der Waals surface area contributed by atoms with Crippen molar-refractivity contribution in [2.45, 2.75) is 50.7 Å². The Hall–Kier alpha value is -1.76. The second kappa shape index (κ2) is 9.16. The van der Waals surface area contributed by atoms with Crippen LogP contribution >= 0.6 is 0 Å². The molecule has 1 heterocycles. The molecule has 4 nitrogen and oxygen atoms in total. The molecule has 1 aliphatic carbocycles. The van der Waals surface area contributed by atoms with E-state index < -0.39 is 12.1 Å². The van der Waals surface area contributed by atoms with E-state index in [-0.39, 0.29) is 24.8 Å². The third kappa shape index (κ3) is 5.40. The zero-order valence-corrected chi connectivity index (χ0v) is 16.3. The number of nitrogens with zero attached hydrogens (tertiary/aromatic N) is 1. The number of amides is 1. The molecule has 0 radical (unpaired) electrons. The van der Waals surface area contributed by atoms with E-state index in [1.54, 1.807) is 31.4 Å². The van der Waals surface area contributed by atoms with Crippen molar-refractivity contribution in [1.29, 1.82) is 0 Å². The highest BCUT2D eigenvalue weighted by atomic mass is 19.4. The van der Waals surface area contributed by atoms with Gasteiger partial charge in [0.05, 0.1) is 13.0 Å². The molecule has 3 rings (SSSR count). The Balaban J connectivity index is 1.54. The number of hydrogen-bond acceptors (Lipinski definition) is 3. The summed E-state index contributed by atoms with van der Waals surface area (Å²) in [5, 5.41) is 3.16. The van der Waals surface area contributed by atoms with Crippen molar-refractivity contribution in [2.75, 3.05) is 26.7 Å². The molecule has 2 atom stereocenters. The van der Waals surface area contributed by atoms with Crippen LogP contribution < -0.4 is 10.1 Å². The Bertz CT molecular complexity index is 640. The highest BCUT2D eigenvalue weighted by molar-refractivity contribution is 5.94. The van der Waals surface area contributed by atoms with Crippen molar-refractivity contribution in [2.24, 2.45) is 11.8 Å². The fraction of sp³-hybridized carbons (Fsp3) is 0.667. The predicted octanol–water partition coefficient (Wildman–Crippen LogP) is 4.26. The lowest BCUT2D eigenvalue weighted by Gasteiger charge is -2.39. The minimum absolute atomic E-state index is 0.0729. The summed E-state index contributed by atoms with van der Waals surface area (Å²) in [6.07, 6.45) is 0.390. The first-order valence-electron chi connectivity index (χ1n) is 10.1. The van der Waals surface area contributed by atoms with Gasteiger partial charge in [-0.25, -0.2) is 0 Å². The predicted molar refractivity (Wildman–Crippen MR) is 101 cm³/mol. The SMILES string of the molecule is COc1ccc(C(=O)N[C@@H]2CCCC[C@H]2CN2CCC(C(F)(F)F)CC2)cc1. The van der Waals surface area contributed by atoms with Gasteiger partial charge in [-0.2, -0.15) is 13.2 Å². The highest BCUT2D eigenvalue weighted by Crippen LogP contribution is 2.35. The van der Waals surface area contributed by atoms with Gasteiger partial charge in [-0.05, 0) is 69.0 Å². The maximum atomic E-state index is 12.9. The van der Waals surface area contributed by atoms with Crippen molar-refractivity contribution in [3.8, 4) is 5.75 Å². The number of piperidine rings is 1. The molecular weight excluding hydrogens is 369 g/mol. The molecule has 1 N–H and O–H groups in total. The summed E-state index contributed by atoms with van der Waals surface area (Å²) in [5.74, 6) is -0.274. The average Bonchev–Trinajstić information content (AvgIpc) is 2.69. The topological polar surface area (TPSA) is 41.6 Å². The van der Waals surface area contributed by atoms with Crippen molar-refractivity contribution in [3.05, 3.63) is 29.8 Å². The molecule has 0 aromatic heterocycles. The van der Waals surface area contributed by atoms with Crippen LogP contribution in [0.15, 0.2) is 24.3 Å². The van der Waals surface area contributed by atoms with Gasteiger partial charge in [0.25, 0.3) is 5.91 Å². The maximum Gasteiger partial charge on any atom is 0.391 e. The van der Waals surface area contributed by atoms with Crippen LogP contribution in [-0.2, 0) is 0 Å². The molecular formula is C21H29F3N2O2. The molecule has 1 aliphatic heterocycles. The first-order chi connectivity index (χ1) is 13.4. The molecule has 0 spiro atoms. The first-order valence-corrected chi connectivity index (χ1v) is 10.1. The molecule has 1 saturated carbocycles. The van der Waals surface area contributed by atoms with E-state index in [1.165, 1.54) is 0 Å².